The molecule has 4 N–H and O–H groups in total. The molecule has 0 spiro atoms. The summed E-state index contributed by atoms with van der Waals surface area (Å²) in [6.07, 6.45) is 1.70. The summed E-state index contributed by atoms with van der Waals surface area (Å²) in [6.45, 7) is 2.60. The highest BCUT2D eigenvalue weighted by atomic mass is 16.5. The van der Waals surface area contributed by atoms with Crippen LogP contribution < -0.4 is 21.1 Å². The first-order valence-electron chi connectivity index (χ1n) is 6.10. The van der Waals surface area contributed by atoms with Gasteiger partial charge in [-0.05, 0) is 25.0 Å². The number of amides is 2. The first kappa shape index (κ1) is 14.3. The molecule has 0 bridgehead atoms. The predicted octanol–water partition coefficient (Wildman–Crippen LogP) is 1.94. The number of ether oxygens (including phenoxy) is 1. The molecule has 0 saturated heterocycles. The second kappa shape index (κ2) is 7.55. The molecule has 18 heavy (non-hydrogen) atoms. The minimum Gasteiger partial charge on any atom is -0.497 e. The topological polar surface area (TPSA) is 76.4 Å². The van der Waals surface area contributed by atoms with E-state index in [1.807, 2.05) is 19.1 Å². The minimum atomic E-state index is -0.230. The lowest BCUT2D eigenvalue weighted by Gasteiger charge is -2.11. The van der Waals surface area contributed by atoms with Gasteiger partial charge in [-0.3, -0.25) is 0 Å². The molecular formula is C13H21N3O2. The number of hydrogen-bond acceptors (Lipinski definition) is 3. The van der Waals surface area contributed by atoms with Gasteiger partial charge in [-0.25, -0.2) is 4.79 Å². The van der Waals surface area contributed by atoms with E-state index in [2.05, 4.69) is 10.6 Å². The number of benzene rings is 1. The van der Waals surface area contributed by atoms with E-state index in [4.69, 9.17) is 10.5 Å². The maximum absolute atomic E-state index is 11.6. The zero-order valence-corrected chi connectivity index (χ0v) is 10.9. The number of nitrogens with one attached hydrogen (secondary N) is 2. The van der Waals surface area contributed by atoms with Crippen molar-refractivity contribution in [2.75, 3.05) is 19.0 Å². The highest BCUT2D eigenvalue weighted by molar-refractivity contribution is 5.89. The zero-order valence-electron chi connectivity index (χ0n) is 10.9. The van der Waals surface area contributed by atoms with Crippen molar-refractivity contribution in [3.63, 3.8) is 0 Å². The number of anilines is 1. The van der Waals surface area contributed by atoms with Crippen molar-refractivity contribution in [2.45, 2.75) is 25.8 Å². The first-order chi connectivity index (χ1) is 8.65. The Bertz CT molecular complexity index is 382. The van der Waals surface area contributed by atoms with E-state index in [1.54, 1.807) is 19.2 Å². The molecule has 100 valence electrons. The van der Waals surface area contributed by atoms with E-state index in [9.17, 15) is 4.79 Å². The van der Waals surface area contributed by atoms with Crippen molar-refractivity contribution in [1.82, 2.24) is 5.32 Å². The lowest BCUT2D eigenvalue weighted by atomic mass is 10.2. The first-order valence-corrected chi connectivity index (χ1v) is 6.10. The van der Waals surface area contributed by atoms with Crippen LogP contribution in [0.5, 0.6) is 5.75 Å². The molecule has 5 heteroatoms. The Morgan fingerprint density at radius 3 is 2.94 bits per heavy atom. The lowest BCUT2D eigenvalue weighted by molar-refractivity contribution is 0.251. The van der Waals surface area contributed by atoms with Gasteiger partial charge in [-0.2, -0.15) is 0 Å². The Balaban J connectivity index is 2.35. The molecule has 0 aliphatic rings. The van der Waals surface area contributed by atoms with Crippen molar-refractivity contribution in [1.29, 1.82) is 0 Å². The molecule has 0 aliphatic carbocycles. The monoisotopic (exact) mass is 251 g/mol. The van der Waals surface area contributed by atoms with Gasteiger partial charge in [0.15, 0.2) is 0 Å². The fourth-order valence-electron chi connectivity index (χ4n) is 1.45. The van der Waals surface area contributed by atoms with Crippen LogP contribution in [0, 0.1) is 0 Å². The van der Waals surface area contributed by atoms with Gasteiger partial charge in [-0.15, -0.1) is 0 Å². The Labute approximate surface area is 108 Å². The smallest absolute Gasteiger partial charge is 0.319 e. The van der Waals surface area contributed by atoms with Gasteiger partial charge in [0.2, 0.25) is 0 Å². The fraction of sp³-hybridized carbons (Fsp3) is 0.462. The molecular weight excluding hydrogens is 230 g/mol. The van der Waals surface area contributed by atoms with Gasteiger partial charge >= 0.3 is 6.03 Å². The standard InChI is InChI=1S/C13H21N3O2/c1-3-10(14)7-8-15-13(17)16-11-5-4-6-12(9-11)18-2/h4-6,9-10H,3,7-8,14H2,1-2H3,(H2,15,16,17). The van der Waals surface area contributed by atoms with Crippen LogP contribution in [0.15, 0.2) is 24.3 Å². The number of carbonyl (C=O) groups excluding carboxylic acids is 1. The summed E-state index contributed by atoms with van der Waals surface area (Å²) in [5.74, 6) is 0.709. The molecule has 1 aromatic carbocycles. The fourth-order valence-corrected chi connectivity index (χ4v) is 1.45. The van der Waals surface area contributed by atoms with Crippen molar-refractivity contribution in [3.8, 4) is 5.75 Å². The third-order valence-corrected chi connectivity index (χ3v) is 2.65. The lowest BCUT2D eigenvalue weighted by Crippen LogP contribution is -2.33. The Morgan fingerprint density at radius 1 is 1.50 bits per heavy atom. The third-order valence-electron chi connectivity index (χ3n) is 2.65. The highest BCUT2D eigenvalue weighted by Crippen LogP contribution is 2.16. The van der Waals surface area contributed by atoms with Gasteiger partial charge in [0.25, 0.3) is 0 Å². The predicted molar refractivity (Wildman–Crippen MR) is 72.9 cm³/mol. The Kier molecular flexibility index (Phi) is 6.00. The third kappa shape index (κ3) is 5.05. The van der Waals surface area contributed by atoms with Crippen LogP contribution in [0.2, 0.25) is 0 Å². The van der Waals surface area contributed by atoms with Gasteiger partial charge in [0, 0.05) is 24.3 Å². The highest BCUT2D eigenvalue weighted by Gasteiger charge is 2.03. The Morgan fingerprint density at radius 2 is 2.28 bits per heavy atom. The van der Waals surface area contributed by atoms with Crippen LogP contribution in [0.4, 0.5) is 10.5 Å². The van der Waals surface area contributed by atoms with E-state index in [0.717, 1.165) is 12.8 Å². The van der Waals surface area contributed by atoms with Crippen LogP contribution >= 0.6 is 0 Å². The second-order valence-electron chi connectivity index (χ2n) is 4.07. The van der Waals surface area contributed by atoms with Crippen molar-refractivity contribution < 1.29 is 9.53 Å². The molecule has 0 aliphatic heterocycles. The molecule has 0 fully saturated rings. The van der Waals surface area contributed by atoms with E-state index in [1.165, 1.54) is 0 Å². The van der Waals surface area contributed by atoms with E-state index < -0.39 is 0 Å². The van der Waals surface area contributed by atoms with Gasteiger partial charge in [-0.1, -0.05) is 13.0 Å². The summed E-state index contributed by atoms with van der Waals surface area (Å²) in [7, 11) is 1.59. The van der Waals surface area contributed by atoms with E-state index >= 15 is 0 Å². The average Bonchev–Trinajstić information content (AvgIpc) is 2.38. The van der Waals surface area contributed by atoms with Crippen molar-refractivity contribution in [2.24, 2.45) is 5.73 Å². The maximum Gasteiger partial charge on any atom is 0.319 e. The van der Waals surface area contributed by atoms with E-state index in [0.29, 0.717) is 18.0 Å². The Hall–Kier alpha value is -1.75. The molecule has 1 aromatic rings. The number of rotatable bonds is 6. The SMILES string of the molecule is CCC(N)CCNC(=O)Nc1cccc(OC)c1. The van der Waals surface area contributed by atoms with Crippen LogP contribution in [0.1, 0.15) is 19.8 Å². The molecule has 2 amide bonds. The van der Waals surface area contributed by atoms with Crippen molar-refractivity contribution >= 4 is 11.7 Å². The van der Waals surface area contributed by atoms with Crippen LogP contribution in [0.3, 0.4) is 0 Å². The molecule has 0 radical (unpaired) electrons. The molecule has 1 rings (SSSR count). The normalized spacial score (nSPS) is 11.7. The number of nitrogens with two attached hydrogens (primary N) is 1. The number of carbonyl (C=O) groups is 1. The molecule has 0 saturated carbocycles. The number of urea groups is 1. The second-order valence-corrected chi connectivity index (χ2v) is 4.07. The summed E-state index contributed by atoms with van der Waals surface area (Å²) in [5, 5.41) is 5.50. The van der Waals surface area contributed by atoms with Crippen LogP contribution in [-0.4, -0.2) is 25.7 Å². The van der Waals surface area contributed by atoms with Crippen LogP contribution in [0.25, 0.3) is 0 Å². The molecule has 0 aromatic heterocycles. The summed E-state index contributed by atoms with van der Waals surface area (Å²) < 4.78 is 5.08. The number of hydrogen-bond donors (Lipinski definition) is 3. The van der Waals surface area contributed by atoms with Crippen LogP contribution in [-0.2, 0) is 0 Å². The zero-order chi connectivity index (χ0) is 13.4. The van der Waals surface area contributed by atoms with Gasteiger partial charge in [0.1, 0.15) is 5.75 Å². The van der Waals surface area contributed by atoms with Gasteiger partial charge < -0.3 is 21.1 Å². The molecule has 5 nitrogen and oxygen atoms in total. The molecule has 1 unspecified atom stereocenters. The molecule has 0 heterocycles. The minimum absolute atomic E-state index is 0.141. The van der Waals surface area contributed by atoms with Gasteiger partial charge in [0.05, 0.1) is 7.11 Å². The largest absolute Gasteiger partial charge is 0.497 e. The summed E-state index contributed by atoms with van der Waals surface area (Å²) in [4.78, 5) is 11.6. The quantitative estimate of drug-likeness (QED) is 0.723. The maximum atomic E-state index is 11.6. The van der Waals surface area contributed by atoms with E-state index in [-0.39, 0.29) is 12.1 Å². The number of methoxy groups -OCH3 is 1. The van der Waals surface area contributed by atoms with Crippen molar-refractivity contribution in [3.05, 3.63) is 24.3 Å². The summed E-state index contributed by atoms with van der Waals surface area (Å²) in [6, 6.07) is 7.12. The summed E-state index contributed by atoms with van der Waals surface area (Å²) >= 11 is 0. The molecule has 1 atom stereocenters. The average molecular weight is 251 g/mol. The summed E-state index contributed by atoms with van der Waals surface area (Å²) in [5.41, 5.74) is 6.46.